The molecule has 1 aliphatic carbocycles. The van der Waals surface area contributed by atoms with Crippen LogP contribution in [0.15, 0.2) is 29.3 Å². The van der Waals surface area contributed by atoms with Gasteiger partial charge in [-0.15, -0.1) is 0 Å². The molecule has 1 aromatic carbocycles. The van der Waals surface area contributed by atoms with Gasteiger partial charge in [-0.3, -0.25) is 4.99 Å². The Morgan fingerprint density at radius 1 is 1.40 bits per heavy atom. The van der Waals surface area contributed by atoms with E-state index in [4.69, 9.17) is 17.3 Å². The van der Waals surface area contributed by atoms with E-state index < -0.39 is 0 Å². The zero-order chi connectivity index (χ0) is 14.3. The number of hydrogen-bond acceptors (Lipinski definition) is 3. The molecule has 1 saturated carbocycles. The molecule has 1 aliphatic heterocycles. The lowest BCUT2D eigenvalue weighted by molar-refractivity contribution is 0.127. The van der Waals surface area contributed by atoms with Gasteiger partial charge >= 0.3 is 0 Å². The van der Waals surface area contributed by atoms with Crippen LogP contribution in [0, 0.1) is 5.92 Å². The molecule has 0 amide bonds. The van der Waals surface area contributed by atoms with Crippen LogP contribution in [0.3, 0.4) is 0 Å². The van der Waals surface area contributed by atoms with Crippen LogP contribution in [0.4, 0.5) is 0 Å². The largest absolute Gasteiger partial charge is 0.370 e. The van der Waals surface area contributed by atoms with Gasteiger partial charge in [-0.05, 0) is 49.8 Å². The quantitative estimate of drug-likeness (QED) is 0.924. The molecule has 0 aromatic heterocycles. The van der Waals surface area contributed by atoms with Crippen LogP contribution in [-0.4, -0.2) is 23.4 Å². The molecule has 108 valence electrons. The summed E-state index contributed by atoms with van der Waals surface area (Å²) in [5.74, 6) is 1.35. The molecule has 0 radical (unpaired) electrons. The molecule has 2 aliphatic rings. The van der Waals surface area contributed by atoms with Crippen molar-refractivity contribution in [2.45, 2.75) is 44.7 Å². The summed E-state index contributed by atoms with van der Waals surface area (Å²) < 4.78 is 0. The second-order valence-electron chi connectivity index (χ2n) is 6.01. The van der Waals surface area contributed by atoms with E-state index in [0.29, 0.717) is 17.9 Å². The maximum atomic E-state index is 6.21. The maximum absolute atomic E-state index is 6.21. The Labute approximate surface area is 125 Å². The number of guanidine groups is 1. The molecular weight excluding hydrogens is 270 g/mol. The Hall–Kier alpha value is -1.22. The van der Waals surface area contributed by atoms with Crippen LogP contribution in [0.25, 0.3) is 0 Å². The van der Waals surface area contributed by atoms with Crippen molar-refractivity contribution in [3.8, 4) is 0 Å². The van der Waals surface area contributed by atoms with Gasteiger partial charge in [-0.1, -0.05) is 30.7 Å². The fourth-order valence-corrected chi connectivity index (χ4v) is 3.58. The van der Waals surface area contributed by atoms with Gasteiger partial charge in [-0.25, -0.2) is 0 Å². The summed E-state index contributed by atoms with van der Waals surface area (Å²) in [6.07, 6.45) is 3.59. The van der Waals surface area contributed by atoms with Crippen LogP contribution in [0.1, 0.15) is 38.7 Å². The molecule has 3 nitrogen and oxygen atoms in total. The minimum absolute atomic E-state index is 0.0515. The molecule has 2 atom stereocenters. The van der Waals surface area contributed by atoms with E-state index >= 15 is 0 Å². The van der Waals surface area contributed by atoms with Crippen molar-refractivity contribution in [2.24, 2.45) is 16.6 Å². The topological polar surface area (TPSA) is 41.6 Å². The number of benzene rings is 1. The summed E-state index contributed by atoms with van der Waals surface area (Å²) in [5.41, 5.74) is 7.46. The molecule has 1 heterocycles. The summed E-state index contributed by atoms with van der Waals surface area (Å²) in [6.45, 7) is 5.21. The molecule has 0 spiro atoms. The lowest BCUT2D eigenvalue weighted by atomic mass is 9.83. The van der Waals surface area contributed by atoms with Crippen molar-refractivity contribution in [2.75, 3.05) is 6.54 Å². The van der Waals surface area contributed by atoms with Gasteiger partial charge in [0.1, 0.15) is 0 Å². The molecule has 4 heteroatoms. The Morgan fingerprint density at radius 2 is 2.05 bits per heavy atom. The average Bonchev–Trinajstić information content (AvgIpc) is 3.24. The average molecular weight is 292 g/mol. The molecule has 0 bridgehead atoms. The molecular formula is C16H22ClN3. The maximum Gasteiger partial charge on any atom is 0.192 e. The number of nitrogens with two attached hydrogens (primary N) is 1. The second-order valence-corrected chi connectivity index (χ2v) is 6.44. The van der Waals surface area contributed by atoms with E-state index in [9.17, 15) is 0 Å². The smallest absolute Gasteiger partial charge is 0.192 e. The lowest BCUT2D eigenvalue weighted by Gasteiger charge is -2.43. The zero-order valence-corrected chi connectivity index (χ0v) is 12.9. The van der Waals surface area contributed by atoms with Crippen LogP contribution in [-0.2, 0) is 5.54 Å². The predicted octanol–water partition coefficient (Wildman–Crippen LogP) is 3.37. The van der Waals surface area contributed by atoms with Crippen molar-refractivity contribution in [1.82, 2.24) is 4.90 Å². The van der Waals surface area contributed by atoms with Crippen LogP contribution in [0.5, 0.6) is 0 Å². The summed E-state index contributed by atoms with van der Waals surface area (Å²) >= 11 is 6.05. The molecule has 2 unspecified atom stereocenters. The fraction of sp³-hybridized carbons (Fsp3) is 0.562. The fourth-order valence-electron chi connectivity index (χ4n) is 3.45. The summed E-state index contributed by atoms with van der Waals surface area (Å²) in [6, 6.07) is 8.64. The van der Waals surface area contributed by atoms with Gasteiger partial charge in [0, 0.05) is 11.1 Å². The summed E-state index contributed by atoms with van der Waals surface area (Å²) in [4.78, 5) is 6.94. The highest BCUT2D eigenvalue weighted by Gasteiger charge is 2.54. The molecule has 20 heavy (non-hydrogen) atoms. The minimum Gasteiger partial charge on any atom is -0.370 e. The van der Waals surface area contributed by atoms with E-state index in [1.807, 2.05) is 12.1 Å². The standard InChI is InChI=1S/C16H22ClN3/c1-3-11(2)20-15(18)19-10-16(20,12-4-5-12)13-6-8-14(17)9-7-13/h6-9,11-12H,3-5,10H2,1-2H3,(H2,18,19). The Morgan fingerprint density at radius 3 is 2.60 bits per heavy atom. The third-order valence-electron chi connectivity index (χ3n) is 4.79. The molecule has 3 rings (SSSR count). The number of rotatable bonds is 4. The molecule has 1 aromatic rings. The van der Waals surface area contributed by atoms with E-state index in [-0.39, 0.29) is 5.54 Å². The first-order valence-electron chi connectivity index (χ1n) is 7.45. The van der Waals surface area contributed by atoms with E-state index in [1.165, 1.54) is 18.4 Å². The van der Waals surface area contributed by atoms with E-state index in [0.717, 1.165) is 18.0 Å². The van der Waals surface area contributed by atoms with Crippen LogP contribution in [0.2, 0.25) is 5.02 Å². The van der Waals surface area contributed by atoms with Crippen molar-refractivity contribution in [3.63, 3.8) is 0 Å². The highest BCUT2D eigenvalue weighted by atomic mass is 35.5. The zero-order valence-electron chi connectivity index (χ0n) is 12.1. The third-order valence-corrected chi connectivity index (χ3v) is 5.04. The van der Waals surface area contributed by atoms with Crippen molar-refractivity contribution >= 4 is 17.6 Å². The first-order valence-corrected chi connectivity index (χ1v) is 7.82. The van der Waals surface area contributed by atoms with Gasteiger partial charge in [0.2, 0.25) is 0 Å². The Kier molecular flexibility index (Phi) is 3.41. The first kappa shape index (κ1) is 13.7. The first-order chi connectivity index (χ1) is 9.59. The second kappa shape index (κ2) is 4.96. The van der Waals surface area contributed by atoms with E-state index in [1.54, 1.807) is 0 Å². The summed E-state index contributed by atoms with van der Waals surface area (Å²) in [5, 5.41) is 0.779. The van der Waals surface area contributed by atoms with Gasteiger partial charge < -0.3 is 10.6 Å². The van der Waals surface area contributed by atoms with Crippen molar-refractivity contribution in [3.05, 3.63) is 34.9 Å². The van der Waals surface area contributed by atoms with Crippen molar-refractivity contribution < 1.29 is 0 Å². The lowest BCUT2D eigenvalue weighted by Crippen LogP contribution is -2.54. The van der Waals surface area contributed by atoms with Gasteiger partial charge in [-0.2, -0.15) is 0 Å². The minimum atomic E-state index is -0.0515. The normalized spacial score (nSPS) is 27.6. The monoisotopic (exact) mass is 291 g/mol. The van der Waals surface area contributed by atoms with Gasteiger partial charge in [0.15, 0.2) is 5.96 Å². The number of halogens is 1. The predicted molar refractivity (Wildman–Crippen MR) is 83.9 cm³/mol. The summed E-state index contributed by atoms with van der Waals surface area (Å²) in [7, 11) is 0. The number of nitrogens with zero attached hydrogens (tertiary/aromatic N) is 2. The number of hydrogen-bond donors (Lipinski definition) is 1. The van der Waals surface area contributed by atoms with Crippen molar-refractivity contribution in [1.29, 1.82) is 0 Å². The Balaban J connectivity index is 2.06. The highest BCUT2D eigenvalue weighted by Crippen LogP contribution is 2.52. The van der Waals surface area contributed by atoms with Crippen LogP contribution < -0.4 is 5.73 Å². The highest BCUT2D eigenvalue weighted by molar-refractivity contribution is 6.30. The van der Waals surface area contributed by atoms with Gasteiger partial charge in [0.05, 0.1) is 12.1 Å². The molecule has 1 fully saturated rings. The van der Waals surface area contributed by atoms with Gasteiger partial charge in [0.25, 0.3) is 0 Å². The third kappa shape index (κ3) is 1.99. The van der Waals surface area contributed by atoms with Crippen LogP contribution >= 0.6 is 11.6 Å². The Bertz CT molecular complexity index is 521. The molecule has 2 N–H and O–H groups in total. The van der Waals surface area contributed by atoms with E-state index in [2.05, 4.69) is 35.9 Å². The SMILES string of the molecule is CCC(C)N1C(N)=NCC1(c1ccc(Cl)cc1)C1CC1. The molecule has 0 saturated heterocycles. The number of aliphatic imine (C=N–C) groups is 1.